The van der Waals surface area contributed by atoms with Crippen LogP contribution in [0.2, 0.25) is 0 Å². The Morgan fingerprint density at radius 2 is 2.29 bits per heavy atom. The molecule has 0 radical (unpaired) electrons. The second-order valence-corrected chi connectivity index (χ2v) is 2.33. The summed E-state index contributed by atoms with van der Waals surface area (Å²) in [6, 6.07) is 6.37. The van der Waals surface area contributed by atoms with Gasteiger partial charge in [-0.2, -0.15) is 4.94 Å². The van der Waals surface area contributed by atoms with Crippen LogP contribution in [0.1, 0.15) is 0 Å². The molecule has 76 valence electrons. The molecule has 0 aromatic heterocycles. The second kappa shape index (κ2) is 4.28. The van der Waals surface area contributed by atoms with Crippen LogP contribution >= 0.6 is 0 Å². The van der Waals surface area contributed by atoms with Crippen molar-refractivity contribution < 1.29 is 14.8 Å². The summed E-state index contributed by atoms with van der Waals surface area (Å²) in [5, 5.41) is 9.51. The minimum absolute atomic E-state index is 0.320. The molecule has 0 fully saturated rings. The van der Waals surface area contributed by atoms with Gasteiger partial charge in [-0.1, -0.05) is 6.07 Å². The van der Waals surface area contributed by atoms with E-state index in [9.17, 15) is 10.1 Å². The minimum Gasteiger partial charge on any atom is -0.497 e. The van der Waals surface area contributed by atoms with Gasteiger partial charge in [-0.3, -0.25) is 0 Å². The number of methoxy groups -OCH3 is 1. The van der Waals surface area contributed by atoms with Crippen LogP contribution in [-0.4, -0.2) is 12.2 Å². The fourth-order valence-electron chi connectivity index (χ4n) is 0.867. The van der Waals surface area contributed by atoms with E-state index < -0.39 is 5.09 Å². The third-order valence-corrected chi connectivity index (χ3v) is 1.46. The quantitative estimate of drug-likeness (QED) is 0.431. The van der Waals surface area contributed by atoms with Crippen molar-refractivity contribution in [3.8, 4) is 5.75 Å². The Balaban J connectivity index is 2.78. The van der Waals surface area contributed by atoms with Crippen LogP contribution in [0.15, 0.2) is 24.3 Å². The normalized spacial score (nSPS) is 9.29. The molecular weight excluding hydrogens is 190 g/mol. The van der Waals surface area contributed by atoms with Crippen LogP contribution in [0.3, 0.4) is 0 Å². The van der Waals surface area contributed by atoms with E-state index in [1.165, 1.54) is 13.2 Å². The van der Waals surface area contributed by atoms with E-state index in [4.69, 9.17) is 10.6 Å². The Kier molecular flexibility index (Phi) is 3.08. The summed E-state index contributed by atoms with van der Waals surface area (Å²) in [4.78, 5) is 14.0. The highest BCUT2D eigenvalue weighted by atomic mass is 17.0. The van der Waals surface area contributed by atoms with E-state index in [1.807, 2.05) is 0 Å². The number of hydrazine groups is 1. The fourth-order valence-corrected chi connectivity index (χ4v) is 0.867. The molecule has 0 aliphatic carbocycles. The van der Waals surface area contributed by atoms with Gasteiger partial charge in [-0.25, -0.2) is 5.84 Å². The standard InChI is InChI=1S/C7H9N3O4/c1-13-7-4-2-3-6(5-7)9(8)14-10(11)12/h2-5H,8H2,1H3. The van der Waals surface area contributed by atoms with Crippen molar-refractivity contribution in [3.05, 3.63) is 34.4 Å². The van der Waals surface area contributed by atoms with Gasteiger partial charge in [0.2, 0.25) is 0 Å². The SMILES string of the molecule is COc1cccc(N(N)O[N+](=O)[O-])c1. The smallest absolute Gasteiger partial charge is 0.318 e. The number of rotatable bonds is 4. The Morgan fingerprint density at radius 1 is 1.57 bits per heavy atom. The molecule has 14 heavy (non-hydrogen) atoms. The van der Waals surface area contributed by atoms with Crippen molar-refractivity contribution in [2.75, 3.05) is 12.3 Å². The first-order valence-corrected chi connectivity index (χ1v) is 3.65. The van der Waals surface area contributed by atoms with E-state index in [-0.39, 0.29) is 0 Å². The largest absolute Gasteiger partial charge is 0.497 e. The molecule has 0 saturated carbocycles. The topological polar surface area (TPSA) is 90.9 Å². The molecule has 1 rings (SSSR count). The molecule has 0 atom stereocenters. The van der Waals surface area contributed by atoms with Crippen molar-refractivity contribution in [1.82, 2.24) is 0 Å². The summed E-state index contributed by atoms with van der Waals surface area (Å²) in [5.41, 5.74) is 0.320. The number of hydrogen-bond donors (Lipinski definition) is 1. The Labute approximate surface area is 79.7 Å². The van der Waals surface area contributed by atoms with E-state index in [0.29, 0.717) is 16.6 Å². The molecule has 7 heteroatoms. The highest BCUT2D eigenvalue weighted by molar-refractivity contribution is 5.47. The predicted octanol–water partition coefficient (Wildman–Crippen LogP) is 0.499. The van der Waals surface area contributed by atoms with Crippen LogP contribution in [0.25, 0.3) is 0 Å². The summed E-state index contributed by atoms with van der Waals surface area (Å²) in [5.74, 6) is 5.77. The zero-order valence-electron chi connectivity index (χ0n) is 7.41. The molecule has 0 aliphatic rings. The Hall–Kier alpha value is -2.02. The van der Waals surface area contributed by atoms with Crippen LogP contribution < -0.4 is 15.8 Å². The van der Waals surface area contributed by atoms with E-state index in [1.54, 1.807) is 18.2 Å². The first-order valence-electron chi connectivity index (χ1n) is 3.65. The lowest BCUT2D eigenvalue weighted by molar-refractivity contribution is -0.762. The second-order valence-electron chi connectivity index (χ2n) is 2.33. The van der Waals surface area contributed by atoms with Gasteiger partial charge < -0.3 is 4.74 Å². The number of nitrogens with zero attached hydrogens (tertiary/aromatic N) is 2. The summed E-state index contributed by atoms with van der Waals surface area (Å²) < 4.78 is 4.90. The lowest BCUT2D eigenvalue weighted by Gasteiger charge is -2.14. The number of nitrogens with two attached hydrogens (primary N) is 1. The molecule has 7 nitrogen and oxygen atoms in total. The van der Waals surface area contributed by atoms with Crippen LogP contribution in [0, 0.1) is 10.1 Å². The summed E-state index contributed by atoms with van der Waals surface area (Å²) >= 11 is 0. The minimum atomic E-state index is -1.00. The van der Waals surface area contributed by atoms with Gasteiger partial charge in [0.05, 0.1) is 12.8 Å². The number of benzene rings is 1. The third kappa shape index (κ3) is 2.49. The molecule has 0 unspecified atom stereocenters. The zero-order valence-corrected chi connectivity index (χ0v) is 7.41. The van der Waals surface area contributed by atoms with Crippen molar-refractivity contribution >= 4 is 5.69 Å². The molecule has 0 aliphatic heterocycles. The van der Waals surface area contributed by atoms with Gasteiger partial charge >= 0.3 is 5.09 Å². The monoisotopic (exact) mass is 199 g/mol. The highest BCUT2D eigenvalue weighted by Crippen LogP contribution is 2.18. The summed E-state index contributed by atoms with van der Waals surface area (Å²) in [6.07, 6.45) is 0. The summed E-state index contributed by atoms with van der Waals surface area (Å²) in [6.45, 7) is 0. The molecule has 0 heterocycles. The fraction of sp³-hybridized carbons (Fsp3) is 0.143. The molecule has 1 aromatic carbocycles. The molecule has 2 N–H and O–H groups in total. The lowest BCUT2D eigenvalue weighted by atomic mass is 10.3. The van der Waals surface area contributed by atoms with Crippen molar-refractivity contribution in [3.63, 3.8) is 0 Å². The van der Waals surface area contributed by atoms with E-state index >= 15 is 0 Å². The maximum atomic E-state index is 9.97. The summed E-state index contributed by atoms with van der Waals surface area (Å²) in [7, 11) is 1.48. The molecular formula is C7H9N3O4. The molecule has 0 spiro atoms. The maximum absolute atomic E-state index is 9.97. The van der Waals surface area contributed by atoms with Crippen LogP contribution in [0.4, 0.5) is 5.69 Å². The van der Waals surface area contributed by atoms with Crippen LogP contribution in [0.5, 0.6) is 5.75 Å². The van der Waals surface area contributed by atoms with Crippen LogP contribution in [-0.2, 0) is 4.94 Å². The molecule has 0 bridgehead atoms. The predicted molar refractivity (Wildman–Crippen MR) is 47.7 cm³/mol. The van der Waals surface area contributed by atoms with Crippen molar-refractivity contribution in [2.24, 2.45) is 5.84 Å². The molecule has 1 aromatic rings. The number of ether oxygens (including phenoxy) is 1. The first-order chi connectivity index (χ1) is 6.63. The van der Waals surface area contributed by atoms with Crippen molar-refractivity contribution in [1.29, 1.82) is 0 Å². The molecule has 0 amide bonds. The maximum Gasteiger partial charge on any atom is 0.318 e. The van der Waals surface area contributed by atoms with E-state index in [0.717, 1.165) is 0 Å². The average Bonchev–Trinajstić information content (AvgIpc) is 2.17. The van der Waals surface area contributed by atoms with Gasteiger partial charge in [-0.15, -0.1) is 15.3 Å². The van der Waals surface area contributed by atoms with Crippen molar-refractivity contribution in [2.45, 2.75) is 0 Å². The van der Waals surface area contributed by atoms with Gasteiger partial charge in [0.15, 0.2) is 0 Å². The highest BCUT2D eigenvalue weighted by Gasteiger charge is 2.06. The Bertz CT molecular complexity index is 330. The lowest BCUT2D eigenvalue weighted by Crippen LogP contribution is -2.33. The molecule has 0 saturated heterocycles. The number of hydrogen-bond acceptors (Lipinski definition) is 6. The van der Waals surface area contributed by atoms with E-state index in [2.05, 4.69) is 4.94 Å². The van der Waals surface area contributed by atoms with Gasteiger partial charge in [0.25, 0.3) is 0 Å². The number of anilines is 1. The first kappa shape index (κ1) is 10.1. The van der Waals surface area contributed by atoms with Gasteiger partial charge in [0, 0.05) is 6.07 Å². The average molecular weight is 199 g/mol. The van der Waals surface area contributed by atoms with Gasteiger partial charge in [0.1, 0.15) is 5.75 Å². The zero-order chi connectivity index (χ0) is 10.6. The Morgan fingerprint density at radius 3 is 2.86 bits per heavy atom. The van der Waals surface area contributed by atoms with Gasteiger partial charge in [-0.05, 0) is 12.1 Å². The third-order valence-electron chi connectivity index (χ3n) is 1.46.